The summed E-state index contributed by atoms with van der Waals surface area (Å²) in [5.74, 6) is 2.55. The lowest BCUT2D eigenvalue weighted by atomic mass is 9.79. The molecule has 0 unspecified atom stereocenters. The van der Waals surface area contributed by atoms with Crippen molar-refractivity contribution in [1.82, 2.24) is 0 Å². The number of para-hydroxylation sites is 4. The molecule has 0 bridgehead atoms. The van der Waals surface area contributed by atoms with Crippen LogP contribution >= 0.6 is 0 Å². The van der Waals surface area contributed by atoms with Crippen LogP contribution < -0.4 is 9.47 Å². The summed E-state index contributed by atoms with van der Waals surface area (Å²) in [6, 6.07) is 29.5. The summed E-state index contributed by atoms with van der Waals surface area (Å²) < 4.78 is 13.4. The summed E-state index contributed by atoms with van der Waals surface area (Å²) in [4.78, 5) is 9.77. The molecule has 0 aliphatic rings. The van der Waals surface area contributed by atoms with Gasteiger partial charge >= 0.3 is 0 Å². The first-order valence-electron chi connectivity index (χ1n) is 20.3. The third-order valence-corrected chi connectivity index (χ3v) is 10.3. The van der Waals surface area contributed by atoms with Crippen molar-refractivity contribution >= 4 is 23.8 Å². The van der Waals surface area contributed by atoms with Crippen LogP contribution in [0.5, 0.6) is 34.5 Å². The van der Waals surface area contributed by atoms with Gasteiger partial charge < -0.3 is 19.7 Å². The maximum atomic E-state index is 11.4. The lowest BCUT2D eigenvalue weighted by molar-refractivity contribution is 0.418. The Balaban J connectivity index is 1.55. The Kier molecular flexibility index (Phi) is 12.2. The molecule has 5 aromatic rings. The van der Waals surface area contributed by atoms with Crippen LogP contribution in [0.15, 0.2) is 101 Å². The molecule has 6 heteroatoms. The summed E-state index contributed by atoms with van der Waals surface area (Å²) in [7, 11) is 0. The van der Waals surface area contributed by atoms with Crippen molar-refractivity contribution in [3.05, 3.63) is 130 Å². The Bertz CT molecular complexity index is 2330. The number of ether oxygens (including phenoxy) is 2. The Morgan fingerprint density at radius 1 is 0.397 bits per heavy atom. The Hall–Kier alpha value is -5.36. The zero-order chi connectivity index (χ0) is 43.0. The number of hydrogen-bond acceptors (Lipinski definition) is 6. The molecule has 0 aliphatic heterocycles. The SMILES string of the molecule is CC(C)(C)c1ccc(Oc2ccccc2N=Cc2cc(C(C)(C)C)cc(C(C)(C)C)c2O)c(Oc2ccccc2N=Cc2cc(C(C)(C)C)cc(C(C)(C)C)c2O)c1. The van der Waals surface area contributed by atoms with Gasteiger partial charge in [-0.3, -0.25) is 9.98 Å². The smallest absolute Gasteiger partial charge is 0.170 e. The highest BCUT2D eigenvalue weighted by Gasteiger charge is 2.26. The molecule has 306 valence electrons. The molecule has 58 heavy (non-hydrogen) atoms. The fourth-order valence-electron chi connectivity index (χ4n) is 6.47. The van der Waals surface area contributed by atoms with Crippen molar-refractivity contribution in [3.8, 4) is 34.5 Å². The molecule has 0 heterocycles. The van der Waals surface area contributed by atoms with Crippen molar-refractivity contribution < 1.29 is 19.7 Å². The highest BCUT2D eigenvalue weighted by atomic mass is 16.5. The Labute approximate surface area is 347 Å². The van der Waals surface area contributed by atoms with Crippen molar-refractivity contribution in [1.29, 1.82) is 0 Å². The van der Waals surface area contributed by atoms with Crippen LogP contribution in [-0.2, 0) is 27.1 Å². The van der Waals surface area contributed by atoms with Crippen molar-refractivity contribution in [3.63, 3.8) is 0 Å². The second-order valence-electron chi connectivity index (χ2n) is 20.5. The molecule has 2 N–H and O–H groups in total. The average Bonchev–Trinajstić information content (AvgIpc) is 3.10. The number of benzene rings is 5. The molecular weight excluding hydrogens is 717 g/mol. The fourth-order valence-corrected chi connectivity index (χ4v) is 6.47. The van der Waals surface area contributed by atoms with Crippen LogP contribution in [0, 0.1) is 0 Å². The number of aliphatic imine (C=N–C) groups is 2. The zero-order valence-corrected chi connectivity index (χ0v) is 37.4. The van der Waals surface area contributed by atoms with E-state index in [1.165, 1.54) is 0 Å². The molecule has 0 aliphatic carbocycles. The van der Waals surface area contributed by atoms with E-state index < -0.39 is 0 Å². The quantitative estimate of drug-likeness (QED) is 0.154. The number of nitrogens with zero attached hydrogens (tertiary/aromatic N) is 2. The van der Waals surface area contributed by atoms with Crippen LogP contribution in [0.2, 0.25) is 0 Å². The summed E-state index contributed by atoms with van der Waals surface area (Å²) >= 11 is 0. The third-order valence-electron chi connectivity index (χ3n) is 10.3. The van der Waals surface area contributed by atoms with Gasteiger partial charge in [-0.1, -0.05) is 146 Å². The molecule has 0 saturated heterocycles. The Morgan fingerprint density at radius 2 is 0.776 bits per heavy atom. The summed E-state index contributed by atoms with van der Waals surface area (Å²) in [5, 5.41) is 22.9. The van der Waals surface area contributed by atoms with Gasteiger partial charge in [0.2, 0.25) is 0 Å². The second-order valence-corrected chi connectivity index (χ2v) is 20.5. The van der Waals surface area contributed by atoms with E-state index in [0.717, 1.165) is 27.8 Å². The Morgan fingerprint density at radius 3 is 1.16 bits per heavy atom. The average molecular weight is 781 g/mol. The third kappa shape index (κ3) is 10.4. The molecule has 6 nitrogen and oxygen atoms in total. The molecule has 0 atom stereocenters. The molecule has 5 rings (SSSR count). The monoisotopic (exact) mass is 780 g/mol. The van der Waals surface area contributed by atoms with E-state index in [1.54, 1.807) is 12.4 Å². The van der Waals surface area contributed by atoms with Gasteiger partial charge in [-0.05, 0) is 92.3 Å². The number of phenols is 2. The van der Waals surface area contributed by atoms with E-state index in [9.17, 15) is 10.2 Å². The first-order chi connectivity index (χ1) is 26.7. The van der Waals surface area contributed by atoms with Gasteiger partial charge in [0.05, 0.1) is 0 Å². The maximum absolute atomic E-state index is 11.4. The molecule has 0 spiro atoms. The van der Waals surface area contributed by atoms with Crippen LogP contribution in [0.4, 0.5) is 11.4 Å². The minimum Gasteiger partial charge on any atom is -0.507 e. The number of rotatable bonds is 8. The van der Waals surface area contributed by atoms with Crippen LogP contribution in [0.1, 0.15) is 143 Å². The van der Waals surface area contributed by atoms with E-state index in [0.29, 0.717) is 45.5 Å². The lowest BCUT2D eigenvalue weighted by Crippen LogP contribution is -2.17. The first-order valence-corrected chi connectivity index (χ1v) is 20.3. The number of hydrogen-bond donors (Lipinski definition) is 2. The first kappa shape index (κ1) is 43.8. The van der Waals surface area contributed by atoms with Gasteiger partial charge in [-0.25, -0.2) is 0 Å². The molecule has 0 radical (unpaired) electrons. The van der Waals surface area contributed by atoms with Gasteiger partial charge in [0.1, 0.15) is 22.9 Å². The lowest BCUT2D eigenvalue weighted by Gasteiger charge is -2.27. The maximum Gasteiger partial charge on any atom is 0.170 e. The van der Waals surface area contributed by atoms with Crippen molar-refractivity contribution in [2.45, 2.75) is 131 Å². The van der Waals surface area contributed by atoms with Gasteiger partial charge in [0.15, 0.2) is 23.0 Å². The van der Waals surface area contributed by atoms with Crippen LogP contribution in [-0.4, -0.2) is 22.6 Å². The standard InChI is InChI=1S/C52H64N2O4/c1-48(2,3)35-24-25-44(57-42-22-18-16-20-40(42)53-31-33-26-36(49(4,5)6)28-38(46(33)55)51(10,11)12)45(30-35)58-43-23-19-17-21-41(43)54-32-34-27-37(50(7,8)9)29-39(47(34)56)52(13,14)15/h16-32,55-56H,1-15H3. The topological polar surface area (TPSA) is 83.6 Å². The summed E-state index contributed by atoms with van der Waals surface area (Å²) in [6.45, 7) is 32.1. The van der Waals surface area contributed by atoms with Crippen molar-refractivity contribution in [2.24, 2.45) is 9.98 Å². The predicted octanol–water partition coefficient (Wildman–Crippen LogP) is 14.7. The second kappa shape index (κ2) is 16.1. The highest BCUT2D eigenvalue weighted by Crippen LogP contribution is 2.44. The molecule has 5 aromatic carbocycles. The number of phenolic OH excluding ortho intramolecular Hbond substituents is 2. The van der Waals surface area contributed by atoms with E-state index >= 15 is 0 Å². The number of aromatic hydroxyl groups is 2. The molecule has 0 fully saturated rings. The van der Waals surface area contributed by atoms with Gasteiger partial charge in [-0.2, -0.15) is 0 Å². The van der Waals surface area contributed by atoms with E-state index in [-0.39, 0.29) is 38.6 Å². The molecule has 0 amide bonds. The normalized spacial score (nSPS) is 13.1. The van der Waals surface area contributed by atoms with E-state index in [2.05, 4.69) is 122 Å². The summed E-state index contributed by atoms with van der Waals surface area (Å²) in [5.41, 5.74) is 6.65. The predicted molar refractivity (Wildman–Crippen MR) is 244 cm³/mol. The van der Waals surface area contributed by atoms with Crippen LogP contribution in [0.3, 0.4) is 0 Å². The van der Waals surface area contributed by atoms with Gasteiger partial charge in [-0.15, -0.1) is 0 Å². The fraction of sp³-hybridized carbons (Fsp3) is 0.385. The minimum absolute atomic E-state index is 0.119. The molecule has 0 saturated carbocycles. The van der Waals surface area contributed by atoms with E-state index in [1.807, 2.05) is 72.8 Å². The molecule has 0 aromatic heterocycles. The van der Waals surface area contributed by atoms with Gasteiger partial charge in [0, 0.05) is 34.7 Å². The van der Waals surface area contributed by atoms with E-state index in [4.69, 9.17) is 19.5 Å². The zero-order valence-electron chi connectivity index (χ0n) is 37.4. The minimum atomic E-state index is -0.262. The molecular formula is C52H64N2O4. The largest absolute Gasteiger partial charge is 0.507 e. The van der Waals surface area contributed by atoms with Crippen LogP contribution in [0.25, 0.3) is 0 Å². The highest BCUT2D eigenvalue weighted by molar-refractivity contribution is 5.88. The van der Waals surface area contributed by atoms with Crippen molar-refractivity contribution in [2.75, 3.05) is 0 Å². The van der Waals surface area contributed by atoms with Gasteiger partial charge in [0.25, 0.3) is 0 Å². The summed E-state index contributed by atoms with van der Waals surface area (Å²) in [6.07, 6.45) is 3.44.